The second-order valence-corrected chi connectivity index (χ2v) is 14.1. The second-order valence-electron chi connectivity index (χ2n) is 14.1. The van der Waals surface area contributed by atoms with E-state index in [9.17, 15) is 54.9 Å². The molecule has 0 aliphatic carbocycles. The van der Waals surface area contributed by atoms with Crippen LogP contribution in [0.2, 0.25) is 0 Å². The van der Waals surface area contributed by atoms with E-state index in [1.54, 1.807) is 24.3 Å². The highest BCUT2D eigenvalue weighted by molar-refractivity contribution is 5.92. The van der Waals surface area contributed by atoms with Crippen molar-refractivity contribution in [3.8, 4) is 34.5 Å². The molecule has 3 aromatic carbocycles. The number of phenolic OH excluding ortho intramolecular Hbond substituents is 1. The lowest BCUT2D eigenvalue weighted by Crippen LogP contribution is -2.63. The molecule has 2 aliphatic rings. The van der Waals surface area contributed by atoms with Gasteiger partial charge in [0.2, 0.25) is 5.79 Å². The highest BCUT2D eigenvalue weighted by Gasteiger charge is 2.61. The van der Waals surface area contributed by atoms with Gasteiger partial charge in [-0.3, -0.25) is 4.79 Å². The van der Waals surface area contributed by atoms with Crippen molar-refractivity contribution in [3.63, 3.8) is 0 Å². The minimum Gasteiger partial charge on any atom is -0.504 e. The topological polar surface area (TPSA) is 302 Å². The molecule has 0 bridgehead atoms. The molecule has 0 saturated carbocycles. The molecule has 0 amide bonds. The van der Waals surface area contributed by atoms with Gasteiger partial charge in [-0.15, -0.1) is 0 Å². The van der Waals surface area contributed by atoms with Crippen molar-refractivity contribution < 1.29 is 102 Å². The molecule has 9 unspecified atom stereocenters. The van der Waals surface area contributed by atoms with Crippen molar-refractivity contribution in [2.75, 3.05) is 41.2 Å². The number of hydrogen-bond acceptors (Lipinski definition) is 21. The summed E-state index contributed by atoms with van der Waals surface area (Å²) < 4.78 is 54.0. The molecule has 2 aliphatic heterocycles. The number of benzene rings is 3. The summed E-state index contributed by atoms with van der Waals surface area (Å²) in [5, 5.41) is 72.8. The molecule has 2 saturated heterocycles. The van der Waals surface area contributed by atoms with E-state index in [1.165, 1.54) is 69.9 Å². The Labute approximate surface area is 370 Å². The number of phenols is 1. The molecule has 2 fully saturated rings. The van der Waals surface area contributed by atoms with Crippen LogP contribution in [0, 0.1) is 0 Å². The average molecular weight is 913 g/mol. The van der Waals surface area contributed by atoms with Crippen LogP contribution in [0.4, 0.5) is 0 Å². The number of para-hydroxylation sites is 1. The van der Waals surface area contributed by atoms with E-state index in [0.29, 0.717) is 22.6 Å². The Morgan fingerprint density at radius 3 is 1.88 bits per heavy atom. The monoisotopic (exact) mass is 912 g/mol. The Morgan fingerprint density at radius 1 is 0.677 bits per heavy atom. The Kier molecular flexibility index (Phi) is 17.2. The number of ether oxygens (including phenoxy) is 10. The van der Waals surface area contributed by atoms with Gasteiger partial charge in [0, 0.05) is 30.7 Å². The first-order chi connectivity index (χ1) is 31.1. The van der Waals surface area contributed by atoms with Gasteiger partial charge in [-0.1, -0.05) is 24.3 Å². The van der Waals surface area contributed by atoms with E-state index in [2.05, 4.69) is 0 Å². The SMILES string of the molecule is COc1ccc(C=CC(=O)Oc2ccc(C=CC(=O)OC3C(O)C(CO)OC3(CO)OC3OC(CO)C(O)C(OC(C)=O)C3O)cc2OC(=O)C=Cc2cccc(O)c2OC)cc1OC. The summed E-state index contributed by atoms with van der Waals surface area (Å²) in [6.45, 7) is -1.92. The van der Waals surface area contributed by atoms with Crippen molar-refractivity contribution in [1.29, 1.82) is 0 Å². The zero-order chi connectivity index (χ0) is 47.4. The number of carbonyl (C=O) groups is 4. The summed E-state index contributed by atoms with van der Waals surface area (Å²) in [5.41, 5.74) is 1.04. The van der Waals surface area contributed by atoms with Crippen LogP contribution in [0.5, 0.6) is 34.5 Å². The lowest BCUT2D eigenvalue weighted by atomic mass is 9.98. The fraction of sp³-hybridized carbons (Fsp3) is 0.364. The number of hydrogen-bond donors (Lipinski definition) is 7. The fourth-order valence-electron chi connectivity index (χ4n) is 6.67. The van der Waals surface area contributed by atoms with Crippen LogP contribution >= 0.6 is 0 Å². The van der Waals surface area contributed by atoms with Crippen LogP contribution < -0.4 is 23.7 Å². The van der Waals surface area contributed by atoms with Gasteiger partial charge in [0.1, 0.15) is 37.1 Å². The third-order valence-electron chi connectivity index (χ3n) is 9.81. The predicted octanol–water partition coefficient (Wildman–Crippen LogP) is 0.409. The maximum Gasteiger partial charge on any atom is 0.336 e. The molecule has 5 rings (SSSR count). The van der Waals surface area contributed by atoms with Crippen molar-refractivity contribution >= 4 is 42.1 Å². The highest BCUT2D eigenvalue weighted by atomic mass is 16.8. The molecule has 2 heterocycles. The molecule has 7 N–H and O–H groups in total. The zero-order valence-electron chi connectivity index (χ0n) is 35.2. The molecule has 21 heteroatoms. The molecule has 0 aromatic heterocycles. The van der Waals surface area contributed by atoms with Gasteiger partial charge >= 0.3 is 23.9 Å². The minimum atomic E-state index is -2.55. The Bertz CT molecular complexity index is 2250. The van der Waals surface area contributed by atoms with Gasteiger partial charge in [0.15, 0.2) is 53.0 Å². The van der Waals surface area contributed by atoms with Gasteiger partial charge in [-0.05, 0) is 59.7 Å². The van der Waals surface area contributed by atoms with Gasteiger partial charge in [0.25, 0.3) is 0 Å². The Balaban J connectivity index is 1.39. The Hall–Kier alpha value is -6.40. The smallest absolute Gasteiger partial charge is 0.336 e. The third kappa shape index (κ3) is 12.0. The number of aromatic hydroxyl groups is 1. The van der Waals surface area contributed by atoms with E-state index in [0.717, 1.165) is 25.2 Å². The van der Waals surface area contributed by atoms with E-state index >= 15 is 0 Å². The predicted molar refractivity (Wildman–Crippen MR) is 221 cm³/mol. The fourth-order valence-corrected chi connectivity index (χ4v) is 6.67. The number of methoxy groups -OCH3 is 3. The highest BCUT2D eigenvalue weighted by Crippen LogP contribution is 2.39. The lowest BCUT2D eigenvalue weighted by molar-refractivity contribution is -0.383. The molecule has 9 atom stereocenters. The summed E-state index contributed by atoms with van der Waals surface area (Å²) in [6.07, 6.45) is -7.28. The van der Waals surface area contributed by atoms with E-state index < -0.39 is 98.5 Å². The summed E-state index contributed by atoms with van der Waals surface area (Å²) in [7, 11) is 4.25. The van der Waals surface area contributed by atoms with Crippen LogP contribution in [0.15, 0.2) is 72.8 Å². The third-order valence-corrected chi connectivity index (χ3v) is 9.81. The van der Waals surface area contributed by atoms with Gasteiger partial charge < -0.3 is 83.1 Å². The number of rotatable bonds is 18. The standard InChI is InChI=1S/C44H48O21/c1-23(48)59-41-37(53)32(20-45)62-43(39(41)55)65-44(22-47)42(38(54)33(21-46)64-44)63-36(52)16-11-25-9-14-29(60-34(50)15-10-24-8-13-28(56-2)30(18-24)57-3)31(19-25)61-35(51)17-12-26-6-5-7-27(49)40(26)58-4/h5-19,32-33,37-39,41-43,45-47,49,53-55H,20-22H2,1-4H3. The molecule has 0 spiro atoms. The molecular weight excluding hydrogens is 864 g/mol. The van der Waals surface area contributed by atoms with Gasteiger partial charge in [-0.25, -0.2) is 14.4 Å². The van der Waals surface area contributed by atoms with Crippen LogP contribution in [-0.4, -0.2) is 156 Å². The largest absolute Gasteiger partial charge is 0.504 e. The normalized spacial score (nSPS) is 25.4. The van der Waals surface area contributed by atoms with Crippen LogP contribution in [0.25, 0.3) is 18.2 Å². The molecular formula is C44H48O21. The molecule has 0 radical (unpaired) electrons. The number of aliphatic hydroxyl groups is 6. The van der Waals surface area contributed by atoms with Crippen molar-refractivity contribution in [2.24, 2.45) is 0 Å². The first kappa shape index (κ1) is 49.6. The first-order valence-corrected chi connectivity index (χ1v) is 19.6. The number of aliphatic hydroxyl groups excluding tert-OH is 6. The summed E-state index contributed by atoms with van der Waals surface area (Å²) in [5.74, 6) is -6.26. The summed E-state index contributed by atoms with van der Waals surface area (Å²) in [6, 6.07) is 13.3. The lowest BCUT2D eigenvalue weighted by Gasteiger charge is -2.44. The van der Waals surface area contributed by atoms with Crippen LogP contribution in [0.3, 0.4) is 0 Å². The van der Waals surface area contributed by atoms with Crippen molar-refractivity contribution in [2.45, 2.75) is 61.7 Å². The van der Waals surface area contributed by atoms with E-state index in [1.807, 2.05) is 0 Å². The molecule has 350 valence electrons. The van der Waals surface area contributed by atoms with Crippen LogP contribution in [-0.2, 0) is 42.9 Å². The quantitative estimate of drug-likeness (QED) is 0.0516. The average Bonchev–Trinajstić information content (AvgIpc) is 3.55. The zero-order valence-corrected chi connectivity index (χ0v) is 35.2. The van der Waals surface area contributed by atoms with Crippen molar-refractivity contribution in [1.82, 2.24) is 0 Å². The second kappa shape index (κ2) is 22.5. The number of esters is 4. The molecule has 3 aromatic rings. The first-order valence-electron chi connectivity index (χ1n) is 19.6. The maximum atomic E-state index is 13.3. The summed E-state index contributed by atoms with van der Waals surface area (Å²) >= 11 is 0. The van der Waals surface area contributed by atoms with E-state index in [-0.39, 0.29) is 28.6 Å². The molecule has 21 nitrogen and oxygen atoms in total. The van der Waals surface area contributed by atoms with Gasteiger partial charge in [0.05, 0.1) is 34.5 Å². The van der Waals surface area contributed by atoms with Crippen molar-refractivity contribution in [3.05, 3.63) is 89.5 Å². The van der Waals surface area contributed by atoms with Gasteiger partial charge in [-0.2, -0.15) is 0 Å². The Morgan fingerprint density at radius 2 is 1.28 bits per heavy atom. The number of carbonyl (C=O) groups excluding carboxylic acids is 4. The van der Waals surface area contributed by atoms with Crippen LogP contribution in [0.1, 0.15) is 23.6 Å². The molecule has 65 heavy (non-hydrogen) atoms. The maximum absolute atomic E-state index is 13.3. The summed E-state index contributed by atoms with van der Waals surface area (Å²) in [4.78, 5) is 51.2. The van der Waals surface area contributed by atoms with E-state index in [4.69, 9.17) is 47.4 Å². The minimum absolute atomic E-state index is 0.0841.